The van der Waals surface area contributed by atoms with E-state index in [0.717, 1.165) is 5.56 Å². The second-order valence-corrected chi connectivity index (χ2v) is 3.40. The Morgan fingerprint density at radius 1 is 1.60 bits per heavy atom. The highest BCUT2D eigenvalue weighted by molar-refractivity contribution is 5.76. The molecule has 1 heterocycles. The van der Waals surface area contributed by atoms with Crippen molar-refractivity contribution in [3.8, 4) is 0 Å². The van der Waals surface area contributed by atoms with Crippen molar-refractivity contribution >= 4 is 5.91 Å². The van der Waals surface area contributed by atoms with Gasteiger partial charge in [0, 0.05) is 32.4 Å². The van der Waals surface area contributed by atoms with Crippen molar-refractivity contribution in [3.05, 3.63) is 30.1 Å². The number of hydrogen-bond acceptors (Lipinski definition) is 3. The first kappa shape index (κ1) is 11.7. The Hall–Kier alpha value is -1.42. The number of nitrogens with zero attached hydrogens (tertiary/aromatic N) is 2. The van der Waals surface area contributed by atoms with Crippen molar-refractivity contribution in [3.63, 3.8) is 0 Å². The van der Waals surface area contributed by atoms with E-state index in [1.54, 1.807) is 19.4 Å². The van der Waals surface area contributed by atoms with E-state index in [0.29, 0.717) is 19.4 Å². The highest BCUT2D eigenvalue weighted by Gasteiger charge is 2.07. The van der Waals surface area contributed by atoms with Gasteiger partial charge in [-0.15, -0.1) is 0 Å². The molecule has 0 aliphatic carbocycles. The lowest BCUT2D eigenvalue weighted by Gasteiger charge is -2.15. The molecule has 0 unspecified atom stereocenters. The summed E-state index contributed by atoms with van der Waals surface area (Å²) in [7, 11) is 1.70. The summed E-state index contributed by atoms with van der Waals surface area (Å²) in [6.07, 6.45) is 4.63. The van der Waals surface area contributed by atoms with Crippen molar-refractivity contribution in [2.75, 3.05) is 20.2 Å². The molecule has 4 heteroatoms. The Balaban J connectivity index is 2.34. The molecule has 82 valence electrons. The number of aliphatic hydroxyl groups excluding tert-OH is 1. The lowest BCUT2D eigenvalue weighted by atomic mass is 10.1. The van der Waals surface area contributed by atoms with Gasteiger partial charge in [0.05, 0.1) is 6.61 Å². The third-order valence-corrected chi connectivity index (χ3v) is 2.21. The van der Waals surface area contributed by atoms with Gasteiger partial charge in [0.25, 0.3) is 0 Å². The minimum absolute atomic E-state index is 0.00906. The van der Waals surface area contributed by atoms with Gasteiger partial charge in [-0.05, 0) is 18.1 Å². The molecule has 0 aliphatic rings. The third kappa shape index (κ3) is 4.08. The van der Waals surface area contributed by atoms with E-state index in [2.05, 4.69) is 4.98 Å². The number of carbonyl (C=O) groups excluding carboxylic acids is 1. The summed E-state index contributed by atoms with van der Waals surface area (Å²) in [6.45, 7) is 0.404. The first-order chi connectivity index (χ1) is 7.24. The monoisotopic (exact) mass is 208 g/mol. The van der Waals surface area contributed by atoms with Gasteiger partial charge in [0.1, 0.15) is 0 Å². The molecule has 0 fully saturated rings. The van der Waals surface area contributed by atoms with E-state index in [-0.39, 0.29) is 12.5 Å². The van der Waals surface area contributed by atoms with Gasteiger partial charge in [-0.25, -0.2) is 0 Å². The molecule has 15 heavy (non-hydrogen) atoms. The molecule has 0 spiro atoms. The van der Waals surface area contributed by atoms with Crippen LogP contribution in [0.3, 0.4) is 0 Å². The molecule has 1 amide bonds. The molecule has 1 aromatic rings. The van der Waals surface area contributed by atoms with Crippen LogP contribution in [0, 0.1) is 0 Å². The summed E-state index contributed by atoms with van der Waals surface area (Å²) in [5.74, 6) is 0.0490. The molecule has 0 bridgehead atoms. The minimum atomic E-state index is 0.00906. The quantitative estimate of drug-likeness (QED) is 0.765. The Bertz CT molecular complexity index is 301. The maximum atomic E-state index is 11.5. The number of pyridine rings is 1. The van der Waals surface area contributed by atoms with Crippen molar-refractivity contribution in [1.82, 2.24) is 9.88 Å². The Morgan fingerprint density at radius 3 is 3.00 bits per heavy atom. The molecule has 0 saturated heterocycles. The second-order valence-electron chi connectivity index (χ2n) is 3.40. The Labute approximate surface area is 89.6 Å². The first-order valence-corrected chi connectivity index (χ1v) is 4.97. The van der Waals surface area contributed by atoms with Gasteiger partial charge in [0.2, 0.25) is 5.91 Å². The topological polar surface area (TPSA) is 53.4 Å². The van der Waals surface area contributed by atoms with Gasteiger partial charge in [0.15, 0.2) is 0 Å². The summed E-state index contributed by atoms with van der Waals surface area (Å²) in [5, 5.41) is 8.67. The lowest BCUT2D eigenvalue weighted by Crippen LogP contribution is -2.29. The maximum absolute atomic E-state index is 11.5. The molecule has 0 aromatic carbocycles. The number of aromatic nitrogens is 1. The molecule has 0 atom stereocenters. The lowest BCUT2D eigenvalue weighted by molar-refractivity contribution is -0.130. The van der Waals surface area contributed by atoms with Crippen molar-refractivity contribution in [1.29, 1.82) is 0 Å². The number of rotatable bonds is 5. The predicted molar refractivity (Wildman–Crippen MR) is 57.3 cm³/mol. The number of carbonyl (C=O) groups is 1. The summed E-state index contributed by atoms with van der Waals surface area (Å²) >= 11 is 0. The Morgan fingerprint density at radius 2 is 2.40 bits per heavy atom. The van der Waals surface area contributed by atoms with Crippen LogP contribution in [0.25, 0.3) is 0 Å². The van der Waals surface area contributed by atoms with Crippen LogP contribution in [0.1, 0.15) is 12.0 Å². The molecule has 0 radical (unpaired) electrons. The van der Waals surface area contributed by atoms with Gasteiger partial charge in [-0.3, -0.25) is 9.78 Å². The fourth-order valence-corrected chi connectivity index (χ4v) is 1.26. The zero-order chi connectivity index (χ0) is 11.1. The van der Waals surface area contributed by atoms with Crippen LogP contribution < -0.4 is 0 Å². The molecule has 1 aromatic heterocycles. The van der Waals surface area contributed by atoms with Crippen molar-refractivity contribution in [2.45, 2.75) is 12.8 Å². The summed E-state index contributed by atoms with van der Waals surface area (Å²) in [5.41, 5.74) is 1.06. The largest absolute Gasteiger partial charge is 0.395 e. The highest BCUT2D eigenvalue weighted by atomic mass is 16.3. The Kier molecular flexibility index (Phi) is 4.77. The fourth-order valence-electron chi connectivity index (χ4n) is 1.26. The number of aryl methyl sites for hydroxylation is 1. The fraction of sp³-hybridized carbons (Fsp3) is 0.455. The maximum Gasteiger partial charge on any atom is 0.222 e. The summed E-state index contributed by atoms with van der Waals surface area (Å²) < 4.78 is 0. The van der Waals surface area contributed by atoms with Crippen LogP contribution in [0.4, 0.5) is 0 Å². The number of amides is 1. The van der Waals surface area contributed by atoms with E-state index >= 15 is 0 Å². The molecule has 1 rings (SSSR count). The van der Waals surface area contributed by atoms with E-state index in [9.17, 15) is 4.79 Å². The second kappa shape index (κ2) is 6.14. The zero-order valence-corrected chi connectivity index (χ0v) is 8.89. The van der Waals surface area contributed by atoms with Crippen LogP contribution in [0.2, 0.25) is 0 Å². The average molecular weight is 208 g/mol. The SMILES string of the molecule is CN(CCO)C(=O)CCc1cccnc1. The van der Waals surface area contributed by atoms with Crippen LogP contribution >= 0.6 is 0 Å². The standard InChI is InChI=1S/C11H16N2O2/c1-13(7-8-14)11(15)5-4-10-3-2-6-12-9-10/h2-3,6,9,14H,4-5,7-8H2,1H3. The van der Waals surface area contributed by atoms with E-state index in [1.807, 2.05) is 12.1 Å². The van der Waals surface area contributed by atoms with Crippen LogP contribution in [0.15, 0.2) is 24.5 Å². The smallest absolute Gasteiger partial charge is 0.222 e. The van der Waals surface area contributed by atoms with Crippen molar-refractivity contribution < 1.29 is 9.90 Å². The molecular formula is C11H16N2O2. The van der Waals surface area contributed by atoms with Gasteiger partial charge >= 0.3 is 0 Å². The van der Waals surface area contributed by atoms with Crippen LogP contribution in [0.5, 0.6) is 0 Å². The number of likely N-dealkylation sites (N-methyl/N-ethyl adjacent to an activating group) is 1. The van der Waals surface area contributed by atoms with Gasteiger partial charge in [-0.2, -0.15) is 0 Å². The summed E-state index contributed by atoms with van der Waals surface area (Å²) in [6, 6.07) is 3.81. The van der Waals surface area contributed by atoms with Crippen LogP contribution in [-0.2, 0) is 11.2 Å². The molecular weight excluding hydrogens is 192 g/mol. The van der Waals surface area contributed by atoms with E-state index in [1.165, 1.54) is 4.90 Å². The predicted octanol–water partition coefficient (Wildman–Crippen LogP) is 0.465. The molecule has 1 N–H and O–H groups in total. The number of aliphatic hydroxyl groups is 1. The minimum Gasteiger partial charge on any atom is -0.395 e. The van der Waals surface area contributed by atoms with Crippen LogP contribution in [-0.4, -0.2) is 41.1 Å². The van der Waals surface area contributed by atoms with Crippen molar-refractivity contribution in [2.24, 2.45) is 0 Å². The normalized spacial score (nSPS) is 10.0. The highest BCUT2D eigenvalue weighted by Crippen LogP contribution is 2.02. The zero-order valence-electron chi connectivity index (χ0n) is 8.89. The average Bonchev–Trinajstić information content (AvgIpc) is 2.27. The number of hydrogen-bond donors (Lipinski definition) is 1. The molecule has 0 aliphatic heterocycles. The van der Waals surface area contributed by atoms with Gasteiger partial charge in [-0.1, -0.05) is 6.07 Å². The molecule has 0 saturated carbocycles. The van der Waals surface area contributed by atoms with E-state index in [4.69, 9.17) is 5.11 Å². The first-order valence-electron chi connectivity index (χ1n) is 4.97. The molecule has 4 nitrogen and oxygen atoms in total. The van der Waals surface area contributed by atoms with E-state index < -0.39 is 0 Å². The summed E-state index contributed by atoms with van der Waals surface area (Å²) in [4.78, 5) is 17.0. The third-order valence-electron chi connectivity index (χ3n) is 2.21. The van der Waals surface area contributed by atoms with Gasteiger partial charge < -0.3 is 10.0 Å².